The third kappa shape index (κ3) is 3.24. The smallest absolute Gasteiger partial charge is 0.00747 e. The molecule has 100 valence electrons. The highest BCUT2D eigenvalue weighted by atomic mass is 15.0. The van der Waals surface area contributed by atoms with Crippen LogP contribution in [-0.4, -0.2) is 12.1 Å². The number of nitrogens with one attached hydrogen (secondary N) is 1. The first kappa shape index (κ1) is 13.4. The fourth-order valence-corrected chi connectivity index (χ4v) is 3.70. The zero-order valence-corrected chi connectivity index (χ0v) is 12.3. The monoisotopic (exact) mass is 237 g/mol. The molecule has 2 aliphatic rings. The van der Waals surface area contributed by atoms with Gasteiger partial charge in [-0.05, 0) is 55.8 Å². The first-order valence-electron chi connectivity index (χ1n) is 7.77. The van der Waals surface area contributed by atoms with Gasteiger partial charge >= 0.3 is 0 Å². The maximum absolute atomic E-state index is 3.88. The van der Waals surface area contributed by atoms with E-state index in [-0.39, 0.29) is 0 Å². The summed E-state index contributed by atoms with van der Waals surface area (Å²) in [6, 6.07) is 1.68. The van der Waals surface area contributed by atoms with E-state index in [9.17, 15) is 0 Å². The van der Waals surface area contributed by atoms with Gasteiger partial charge in [0.2, 0.25) is 0 Å². The highest BCUT2D eigenvalue weighted by Crippen LogP contribution is 2.40. The first-order chi connectivity index (χ1) is 8.01. The molecule has 0 radical (unpaired) electrons. The Morgan fingerprint density at radius 1 is 1.00 bits per heavy atom. The van der Waals surface area contributed by atoms with Crippen molar-refractivity contribution in [1.82, 2.24) is 5.32 Å². The molecule has 0 amide bonds. The first-order valence-corrected chi connectivity index (χ1v) is 7.77. The molecule has 2 aliphatic carbocycles. The van der Waals surface area contributed by atoms with Crippen molar-refractivity contribution in [3.8, 4) is 0 Å². The summed E-state index contributed by atoms with van der Waals surface area (Å²) in [5, 5.41) is 3.88. The Balaban J connectivity index is 1.71. The fraction of sp³-hybridized carbons (Fsp3) is 1.00. The van der Waals surface area contributed by atoms with Gasteiger partial charge < -0.3 is 5.32 Å². The van der Waals surface area contributed by atoms with Gasteiger partial charge in [0.15, 0.2) is 0 Å². The average Bonchev–Trinajstić information content (AvgIpc) is 2.28. The van der Waals surface area contributed by atoms with Gasteiger partial charge in [-0.25, -0.2) is 0 Å². The van der Waals surface area contributed by atoms with E-state index in [4.69, 9.17) is 0 Å². The summed E-state index contributed by atoms with van der Waals surface area (Å²) in [5.41, 5.74) is 0.565. The molecule has 0 aromatic heterocycles. The molecule has 1 nitrogen and oxygen atoms in total. The molecule has 0 atom stereocenters. The lowest BCUT2D eigenvalue weighted by atomic mass is 9.68. The van der Waals surface area contributed by atoms with Crippen LogP contribution >= 0.6 is 0 Å². The second kappa shape index (κ2) is 5.30. The Bertz CT molecular complexity index is 232. The SMILES string of the molecule is CCC(C)(C)C1CCC(NC2CC(C)C2)CC1. The van der Waals surface area contributed by atoms with Gasteiger partial charge in [0, 0.05) is 12.1 Å². The molecule has 0 aromatic rings. The Morgan fingerprint density at radius 3 is 2.06 bits per heavy atom. The van der Waals surface area contributed by atoms with Crippen LogP contribution in [0.5, 0.6) is 0 Å². The third-order valence-electron chi connectivity index (χ3n) is 5.59. The van der Waals surface area contributed by atoms with Crippen molar-refractivity contribution in [3.63, 3.8) is 0 Å². The van der Waals surface area contributed by atoms with Gasteiger partial charge in [0.1, 0.15) is 0 Å². The largest absolute Gasteiger partial charge is 0.311 e. The summed E-state index contributed by atoms with van der Waals surface area (Å²) in [5.74, 6) is 1.94. The molecule has 0 aliphatic heterocycles. The molecule has 0 bridgehead atoms. The molecule has 2 rings (SSSR count). The van der Waals surface area contributed by atoms with Crippen LogP contribution in [0.25, 0.3) is 0 Å². The second-order valence-electron chi connectivity index (χ2n) is 7.33. The van der Waals surface area contributed by atoms with Crippen molar-refractivity contribution in [2.75, 3.05) is 0 Å². The van der Waals surface area contributed by atoms with Crippen LogP contribution in [0.1, 0.15) is 72.6 Å². The highest BCUT2D eigenvalue weighted by molar-refractivity contribution is 4.89. The predicted octanol–water partition coefficient (Wildman–Crippen LogP) is 4.37. The Kier molecular flexibility index (Phi) is 4.18. The molecule has 17 heavy (non-hydrogen) atoms. The number of hydrogen-bond acceptors (Lipinski definition) is 1. The zero-order chi connectivity index (χ0) is 12.5. The number of hydrogen-bond donors (Lipinski definition) is 1. The molecule has 1 N–H and O–H groups in total. The lowest BCUT2D eigenvalue weighted by molar-refractivity contribution is 0.122. The van der Waals surface area contributed by atoms with E-state index in [1.165, 1.54) is 44.9 Å². The van der Waals surface area contributed by atoms with Crippen molar-refractivity contribution < 1.29 is 0 Å². The minimum atomic E-state index is 0.565. The van der Waals surface area contributed by atoms with Crippen molar-refractivity contribution in [1.29, 1.82) is 0 Å². The van der Waals surface area contributed by atoms with E-state index >= 15 is 0 Å². The second-order valence-corrected chi connectivity index (χ2v) is 7.33. The maximum atomic E-state index is 3.88. The topological polar surface area (TPSA) is 12.0 Å². The minimum absolute atomic E-state index is 0.565. The predicted molar refractivity (Wildman–Crippen MR) is 75.1 cm³/mol. The van der Waals surface area contributed by atoms with Crippen LogP contribution in [0.4, 0.5) is 0 Å². The molecule has 0 spiro atoms. The molecule has 0 unspecified atom stereocenters. The van der Waals surface area contributed by atoms with Crippen molar-refractivity contribution in [2.45, 2.75) is 84.7 Å². The molecular weight excluding hydrogens is 206 g/mol. The number of rotatable bonds is 4. The van der Waals surface area contributed by atoms with Gasteiger partial charge in [-0.2, -0.15) is 0 Å². The molecule has 2 fully saturated rings. The highest BCUT2D eigenvalue weighted by Gasteiger charge is 2.33. The van der Waals surface area contributed by atoms with Gasteiger partial charge in [0.25, 0.3) is 0 Å². The Morgan fingerprint density at radius 2 is 1.59 bits per heavy atom. The Hall–Kier alpha value is -0.0400. The molecule has 0 heterocycles. The lowest BCUT2D eigenvalue weighted by Crippen LogP contribution is -2.47. The Labute approximate surface area is 108 Å². The summed E-state index contributed by atoms with van der Waals surface area (Å²) in [4.78, 5) is 0. The zero-order valence-electron chi connectivity index (χ0n) is 12.3. The van der Waals surface area contributed by atoms with E-state index < -0.39 is 0 Å². The van der Waals surface area contributed by atoms with Gasteiger partial charge in [-0.15, -0.1) is 0 Å². The fourth-order valence-electron chi connectivity index (χ4n) is 3.70. The van der Waals surface area contributed by atoms with E-state index in [2.05, 4.69) is 33.0 Å². The molecule has 2 saturated carbocycles. The van der Waals surface area contributed by atoms with Crippen LogP contribution in [0.2, 0.25) is 0 Å². The quantitative estimate of drug-likeness (QED) is 0.765. The van der Waals surface area contributed by atoms with Crippen LogP contribution in [0, 0.1) is 17.3 Å². The third-order valence-corrected chi connectivity index (χ3v) is 5.59. The standard InChI is InChI=1S/C16H31N/c1-5-16(3,4)13-6-8-14(9-7-13)17-15-10-12(2)11-15/h12-15,17H,5-11H2,1-4H3. The van der Waals surface area contributed by atoms with Crippen LogP contribution in [-0.2, 0) is 0 Å². The molecular formula is C16H31N. The van der Waals surface area contributed by atoms with Crippen LogP contribution < -0.4 is 5.32 Å². The van der Waals surface area contributed by atoms with Gasteiger partial charge in [-0.1, -0.05) is 34.1 Å². The van der Waals surface area contributed by atoms with Crippen molar-refractivity contribution in [3.05, 3.63) is 0 Å². The lowest BCUT2D eigenvalue weighted by Gasteiger charge is -2.42. The average molecular weight is 237 g/mol. The summed E-state index contributed by atoms with van der Waals surface area (Å²) < 4.78 is 0. The summed E-state index contributed by atoms with van der Waals surface area (Å²) >= 11 is 0. The van der Waals surface area contributed by atoms with Gasteiger partial charge in [-0.3, -0.25) is 0 Å². The summed E-state index contributed by atoms with van der Waals surface area (Å²) in [6.07, 6.45) is 9.89. The van der Waals surface area contributed by atoms with Crippen LogP contribution in [0.15, 0.2) is 0 Å². The van der Waals surface area contributed by atoms with E-state index in [1.54, 1.807) is 0 Å². The van der Waals surface area contributed by atoms with Crippen LogP contribution in [0.3, 0.4) is 0 Å². The molecule has 0 saturated heterocycles. The molecule has 1 heteroatoms. The van der Waals surface area contributed by atoms with E-state index in [1.807, 2.05) is 0 Å². The van der Waals surface area contributed by atoms with Gasteiger partial charge in [0.05, 0.1) is 0 Å². The summed E-state index contributed by atoms with van der Waals surface area (Å²) in [7, 11) is 0. The summed E-state index contributed by atoms with van der Waals surface area (Å²) in [6.45, 7) is 9.64. The van der Waals surface area contributed by atoms with E-state index in [0.717, 1.165) is 23.9 Å². The van der Waals surface area contributed by atoms with Crippen molar-refractivity contribution >= 4 is 0 Å². The molecule has 0 aromatic carbocycles. The minimum Gasteiger partial charge on any atom is -0.311 e. The van der Waals surface area contributed by atoms with E-state index in [0.29, 0.717) is 5.41 Å². The van der Waals surface area contributed by atoms with Crippen molar-refractivity contribution in [2.24, 2.45) is 17.3 Å². The normalized spacial score (nSPS) is 38.8. The maximum Gasteiger partial charge on any atom is 0.00747 e.